The Morgan fingerprint density at radius 3 is 2.49 bits per heavy atom. The number of hydrogen-bond donors (Lipinski definition) is 1. The molecule has 0 saturated heterocycles. The predicted molar refractivity (Wildman–Crippen MR) is 163 cm³/mol. The van der Waals surface area contributed by atoms with Crippen molar-refractivity contribution in [1.29, 1.82) is 0 Å². The van der Waals surface area contributed by atoms with Crippen molar-refractivity contribution in [2.24, 2.45) is 0 Å². The molecular formula is C32H34FN3O6S. The molecule has 43 heavy (non-hydrogen) atoms. The second-order valence-corrected chi connectivity index (χ2v) is 11.0. The molecule has 1 aliphatic rings. The van der Waals surface area contributed by atoms with Crippen LogP contribution in [0.25, 0.3) is 10.9 Å². The molecule has 0 fully saturated rings. The molecule has 0 bridgehead atoms. The van der Waals surface area contributed by atoms with Crippen molar-refractivity contribution in [3.05, 3.63) is 81.9 Å². The molecule has 0 spiro atoms. The number of amides is 1. The van der Waals surface area contributed by atoms with Crippen molar-refractivity contribution < 1.29 is 28.1 Å². The molecule has 0 saturated carbocycles. The van der Waals surface area contributed by atoms with Crippen LogP contribution in [0, 0.1) is 5.82 Å². The largest absolute Gasteiger partial charge is 0.493 e. The summed E-state index contributed by atoms with van der Waals surface area (Å²) < 4.78 is 36.6. The van der Waals surface area contributed by atoms with Gasteiger partial charge in [0.05, 0.1) is 25.1 Å². The third-order valence-corrected chi connectivity index (χ3v) is 8.21. The van der Waals surface area contributed by atoms with Gasteiger partial charge in [-0.05, 0) is 60.7 Å². The van der Waals surface area contributed by atoms with Crippen molar-refractivity contribution in [1.82, 2.24) is 14.9 Å². The van der Waals surface area contributed by atoms with Gasteiger partial charge in [0.15, 0.2) is 28.2 Å². The minimum Gasteiger partial charge on any atom is -0.493 e. The zero-order chi connectivity index (χ0) is 30.2. The van der Waals surface area contributed by atoms with Crippen LogP contribution in [-0.4, -0.2) is 43.0 Å². The van der Waals surface area contributed by atoms with E-state index in [4.69, 9.17) is 23.9 Å². The fourth-order valence-corrected chi connectivity index (χ4v) is 5.81. The molecule has 3 aromatic carbocycles. The summed E-state index contributed by atoms with van der Waals surface area (Å²) in [4.78, 5) is 30.8. The number of thioether (sulfide) groups is 1. The zero-order valence-electron chi connectivity index (χ0n) is 24.2. The van der Waals surface area contributed by atoms with Crippen LogP contribution < -0.4 is 29.8 Å². The van der Waals surface area contributed by atoms with E-state index in [0.717, 1.165) is 17.5 Å². The first-order valence-electron chi connectivity index (χ1n) is 14.1. The second kappa shape index (κ2) is 14.3. The molecule has 0 radical (unpaired) electrons. The van der Waals surface area contributed by atoms with Gasteiger partial charge in [-0.25, -0.2) is 9.37 Å². The Morgan fingerprint density at radius 1 is 0.977 bits per heavy atom. The number of halogens is 1. The van der Waals surface area contributed by atoms with E-state index >= 15 is 0 Å². The number of unbranched alkanes of at least 4 members (excludes halogenated alkanes) is 2. The smallest absolute Gasteiger partial charge is 0.262 e. The van der Waals surface area contributed by atoms with Gasteiger partial charge >= 0.3 is 0 Å². The fourth-order valence-electron chi connectivity index (χ4n) is 4.83. The molecule has 0 aliphatic carbocycles. The highest BCUT2D eigenvalue weighted by Gasteiger charge is 2.19. The molecule has 226 valence electrons. The topological polar surface area (TPSA) is 101 Å². The van der Waals surface area contributed by atoms with E-state index in [1.807, 2.05) is 18.2 Å². The number of aromatic nitrogens is 2. The molecule has 5 rings (SSSR count). The summed E-state index contributed by atoms with van der Waals surface area (Å²) in [5, 5.41) is 4.01. The molecule has 1 amide bonds. The van der Waals surface area contributed by atoms with E-state index < -0.39 is 0 Å². The van der Waals surface area contributed by atoms with E-state index in [1.165, 1.54) is 23.9 Å². The standard InChI is InChI=1S/C32H34FN3O6S/c1-39-26-12-9-21(16-27(26)40-2)13-14-34-30(37)6-4-3-5-15-36-31(38)24-17-28-29(42-20-41-28)18-25(24)35-32(36)43-19-22-7-10-23(33)11-8-22/h7-12,16-18H,3-6,13-15,19-20H2,1-2H3,(H,34,37). The Balaban J connectivity index is 1.16. The van der Waals surface area contributed by atoms with Crippen molar-refractivity contribution in [3.8, 4) is 23.0 Å². The molecular weight excluding hydrogens is 573 g/mol. The van der Waals surface area contributed by atoms with Crippen LogP contribution in [0.1, 0.15) is 36.8 Å². The normalized spacial score (nSPS) is 12.0. The number of benzene rings is 3. The summed E-state index contributed by atoms with van der Waals surface area (Å²) in [6.07, 6.45) is 3.28. The molecule has 1 aromatic heterocycles. The molecule has 1 N–H and O–H groups in total. The number of rotatable bonds is 14. The minimum absolute atomic E-state index is 0.00312. The molecule has 4 aromatic rings. The number of carbonyl (C=O) groups is 1. The lowest BCUT2D eigenvalue weighted by Gasteiger charge is -2.14. The molecule has 2 heterocycles. The SMILES string of the molecule is COc1ccc(CCNC(=O)CCCCCn2c(SCc3ccc(F)cc3)nc3cc4c(cc3c2=O)OCO4)cc1OC. The first-order chi connectivity index (χ1) is 20.9. The average Bonchev–Trinajstić information content (AvgIpc) is 3.48. The minimum atomic E-state index is -0.294. The Hall–Kier alpha value is -4.25. The van der Waals surface area contributed by atoms with Crippen LogP contribution in [-0.2, 0) is 23.5 Å². The highest BCUT2D eigenvalue weighted by molar-refractivity contribution is 7.98. The lowest BCUT2D eigenvalue weighted by Crippen LogP contribution is -2.25. The Morgan fingerprint density at radius 2 is 1.72 bits per heavy atom. The molecule has 9 nitrogen and oxygen atoms in total. The van der Waals surface area contributed by atoms with Crippen LogP contribution in [0.3, 0.4) is 0 Å². The zero-order valence-corrected chi connectivity index (χ0v) is 25.0. The van der Waals surface area contributed by atoms with E-state index in [0.29, 0.717) is 83.6 Å². The van der Waals surface area contributed by atoms with E-state index in [1.54, 1.807) is 43.1 Å². The predicted octanol–water partition coefficient (Wildman–Crippen LogP) is 5.49. The van der Waals surface area contributed by atoms with Crippen molar-refractivity contribution in [2.75, 3.05) is 27.6 Å². The summed E-state index contributed by atoms with van der Waals surface area (Å²) in [5.74, 6) is 2.66. The number of fused-ring (bicyclic) bond motifs is 2. The van der Waals surface area contributed by atoms with Crippen molar-refractivity contribution in [3.63, 3.8) is 0 Å². The van der Waals surface area contributed by atoms with Gasteiger partial charge in [0.2, 0.25) is 12.7 Å². The molecule has 0 unspecified atom stereocenters. The van der Waals surface area contributed by atoms with Gasteiger partial charge in [0.25, 0.3) is 5.56 Å². The van der Waals surface area contributed by atoms with Gasteiger partial charge in [-0.3, -0.25) is 14.2 Å². The third kappa shape index (κ3) is 7.59. The summed E-state index contributed by atoms with van der Waals surface area (Å²) in [5.41, 5.74) is 2.36. The Labute approximate surface area is 253 Å². The van der Waals surface area contributed by atoms with Gasteiger partial charge < -0.3 is 24.3 Å². The lowest BCUT2D eigenvalue weighted by atomic mass is 10.1. The van der Waals surface area contributed by atoms with Crippen LogP contribution in [0.15, 0.2) is 64.5 Å². The van der Waals surface area contributed by atoms with Crippen molar-refractivity contribution in [2.45, 2.75) is 49.6 Å². The molecule has 0 atom stereocenters. The fraction of sp³-hybridized carbons (Fsp3) is 0.344. The maximum absolute atomic E-state index is 13.6. The van der Waals surface area contributed by atoms with Crippen LogP contribution in [0.4, 0.5) is 4.39 Å². The van der Waals surface area contributed by atoms with E-state index in [9.17, 15) is 14.0 Å². The quantitative estimate of drug-likeness (QED) is 0.114. The van der Waals surface area contributed by atoms with Crippen LogP contribution in [0.5, 0.6) is 23.0 Å². The first kappa shape index (κ1) is 30.2. The summed E-state index contributed by atoms with van der Waals surface area (Å²) >= 11 is 1.43. The first-order valence-corrected chi connectivity index (χ1v) is 15.1. The highest BCUT2D eigenvalue weighted by Crippen LogP contribution is 2.35. The average molecular weight is 608 g/mol. The van der Waals surface area contributed by atoms with Gasteiger partial charge in [0, 0.05) is 31.3 Å². The third-order valence-electron chi connectivity index (χ3n) is 7.16. The maximum atomic E-state index is 13.6. The van der Waals surface area contributed by atoms with E-state index in [-0.39, 0.29) is 24.1 Å². The number of nitrogens with one attached hydrogen (secondary N) is 1. The van der Waals surface area contributed by atoms with Gasteiger partial charge in [-0.1, -0.05) is 36.4 Å². The Kier molecular flexibility index (Phi) is 10.0. The van der Waals surface area contributed by atoms with Crippen LogP contribution >= 0.6 is 11.8 Å². The number of ether oxygens (including phenoxy) is 4. The highest BCUT2D eigenvalue weighted by atomic mass is 32.2. The summed E-state index contributed by atoms with van der Waals surface area (Å²) in [7, 11) is 3.19. The number of nitrogens with zero attached hydrogens (tertiary/aromatic N) is 2. The number of hydrogen-bond acceptors (Lipinski definition) is 8. The second-order valence-electron chi connectivity index (χ2n) is 10.1. The van der Waals surface area contributed by atoms with Gasteiger partial charge in [0.1, 0.15) is 5.82 Å². The number of carbonyl (C=O) groups excluding carboxylic acids is 1. The maximum Gasteiger partial charge on any atom is 0.262 e. The Bertz CT molecular complexity index is 1640. The van der Waals surface area contributed by atoms with Crippen LogP contribution in [0.2, 0.25) is 0 Å². The monoisotopic (exact) mass is 607 g/mol. The summed E-state index contributed by atoms with van der Waals surface area (Å²) in [6.45, 7) is 1.10. The number of methoxy groups -OCH3 is 2. The van der Waals surface area contributed by atoms with E-state index in [2.05, 4.69) is 5.32 Å². The van der Waals surface area contributed by atoms with Gasteiger partial charge in [-0.15, -0.1) is 0 Å². The summed E-state index contributed by atoms with van der Waals surface area (Å²) in [6, 6.07) is 15.4. The molecule has 1 aliphatic heterocycles. The van der Waals surface area contributed by atoms with Gasteiger partial charge in [-0.2, -0.15) is 0 Å². The lowest BCUT2D eigenvalue weighted by molar-refractivity contribution is -0.121. The molecule has 11 heteroatoms. The van der Waals surface area contributed by atoms with Crippen molar-refractivity contribution >= 4 is 28.6 Å².